The maximum atomic E-state index is 12.2. The molecule has 1 aromatic heterocycles. The fourth-order valence-corrected chi connectivity index (χ4v) is 1.79. The van der Waals surface area contributed by atoms with E-state index in [1.165, 1.54) is 24.4 Å². The van der Waals surface area contributed by atoms with E-state index in [2.05, 4.69) is 9.72 Å². The van der Waals surface area contributed by atoms with Crippen LogP contribution in [0, 0.1) is 11.3 Å². The van der Waals surface area contributed by atoms with Gasteiger partial charge >= 0.3 is 6.36 Å². The molecule has 0 spiro atoms. The molecule has 2 aromatic rings. The van der Waals surface area contributed by atoms with E-state index in [1.54, 1.807) is 12.1 Å². The number of carbonyl (C=O) groups excluding carboxylic acids is 1. The lowest BCUT2D eigenvalue weighted by Crippen LogP contribution is -2.17. The summed E-state index contributed by atoms with van der Waals surface area (Å²) >= 11 is 0. The van der Waals surface area contributed by atoms with Gasteiger partial charge in [0, 0.05) is 11.8 Å². The largest absolute Gasteiger partial charge is 0.573 e. The molecule has 4 nitrogen and oxygen atoms in total. The minimum atomic E-state index is -4.80. The molecule has 0 N–H and O–H groups in total. The Balaban J connectivity index is 2.21. The molecule has 2 rings (SSSR count). The van der Waals surface area contributed by atoms with Crippen LogP contribution in [0.3, 0.4) is 0 Å². The van der Waals surface area contributed by atoms with E-state index in [0.717, 1.165) is 12.1 Å². The first-order chi connectivity index (χ1) is 10.4. The average Bonchev–Trinajstić information content (AvgIpc) is 2.48. The quantitative estimate of drug-likeness (QED) is 0.811. The molecule has 0 aliphatic rings. The first-order valence-electron chi connectivity index (χ1n) is 6.11. The van der Waals surface area contributed by atoms with E-state index in [4.69, 9.17) is 5.26 Å². The number of hydrogen-bond donors (Lipinski definition) is 0. The highest BCUT2D eigenvalue weighted by Gasteiger charge is 2.31. The molecule has 22 heavy (non-hydrogen) atoms. The van der Waals surface area contributed by atoms with Gasteiger partial charge in [0.05, 0.1) is 11.8 Å². The molecule has 0 fully saturated rings. The summed E-state index contributed by atoms with van der Waals surface area (Å²) < 4.78 is 39.9. The maximum Gasteiger partial charge on any atom is 0.573 e. The first kappa shape index (κ1) is 15.5. The molecular formula is C15H9F3N2O2. The third kappa shape index (κ3) is 3.82. The van der Waals surface area contributed by atoms with Crippen molar-refractivity contribution in [2.24, 2.45) is 0 Å². The van der Waals surface area contributed by atoms with Gasteiger partial charge < -0.3 is 4.74 Å². The van der Waals surface area contributed by atoms with Crippen LogP contribution >= 0.6 is 0 Å². The fourth-order valence-electron chi connectivity index (χ4n) is 1.79. The Hall–Kier alpha value is -2.88. The number of alkyl halides is 3. The van der Waals surface area contributed by atoms with Gasteiger partial charge in [0.2, 0.25) is 0 Å². The minimum Gasteiger partial charge on any atom is -0.406 e. The van der Waals surface area contributed by atoms with E-state index < -0.39 is 23.8 Å². The van der Waals surface area contributed by atoms with E-state index in [9.17, 15) is 18.0 Å². The van der Waals surface area contributed by atoms with Gasteiger partial charge in [-0.25, -0.2) is 0 Å². The Labute approximate surface area is 123 Å². The van der Waals surface area contributed by atoms with Crippen molar-refractivity contribution in [2.75, 3.05) is 0 Å². The number of halogens is 3. The second-order valence-electron chi connectivity index (χ2n) is 4.25. The molecule has 0 bridgehead atoms. The topological polar surface area (TPSA) is 63.0 Å². The van der Waals surface area contributed by atoms with Crippen LogP contribution in [0.1, 0.15) is 22.0 Å². The van der Waals surface area contributed by atoms with Gasteiger partial charge in [0.25, 0.3) is 0 Å². The van der Waals surface area contributed by atoms with Gasteiger partial charge in [-0.05, 0) is 36.4 Å². The summed E-state index contributed by atoms with van der Waals surface area (Å²) in [5, 5.41) is 9.13. The molecule has 0 aliphatic carbocycles. The molecule has 0 unspecified atom stereocenters. The summed E-state index contributed by atoms with van der Waals surface area (Å²) in [7, 11) is 0. The molecule has 0 radical (unpaired) electrons. The van der Waals surface area contributed by atoms with Crippen LogP contribution in [0.2, 0.25) is 0 Å². The highest BCUT2D eigenvalue weighted by Crippen LogP contribution is 2.24. The lowest BCUT2D eigenvalue weighted by Gasteiger charge is -2.10. The van der Waals surface area contributed by atoms with Crippen molar-refractivity contribution in [2.45, 2.75) is 12.3 Å². The zero-order valence-electron chi connectivity index (χ0n) is 11.0. The Kier molecular flexibility index (Phi) is 4.41. The lowest BCUT2D eigenvalue weighted by atomic mass is 9.95. The van der Waals surface area contributed by atoms with Gasteiger partial charge in [-0.15, -0.1) is 13.2 Å². The van der Waals surface area contributed by atoms with Crippen molar-refractivity contribution in [1.82, 2.24) is 4.98 Å². The maximum absolute atomic E-state index is 12.2. The Bertz CT molecular complexity index is 691. The van der Waals surface area contributed by atoms with Gasteiger partial charge in [-0.3, -0.25) is 9.78 Å². The molecule has 0 aliphatic heterocycles. The Morgan fingerprint density at radius 3 is 2.36 bits per heavy atom. The number of hydrogen-bond acceptors (Lipinski definition) is 4. The molecule has 0 saturated heterocycles. The average molecular weight is 306 g/mol. The number of benzene rings is 1. The minimum absolute atomic E-state index is 0.103. The number of aromatic nitrogens is 1. The summed E-state index contributed by atoms with van der Waals surface area (Å²) in [6, 6.07) is 11.1. The van der Waals surface area contributed by atoms with Crippen LogP contribution in [0.25, 0.3) is 0 Å². The Morgan fingerprint density at radius 2 is 1.86 bits per heavy atom. The summed E-state index contributed by atoms with van der Waals surface area (Å²) in [6.07, 6.45) is -3.35. The van der Waals surface area contributed by atoms with Crippen molar-refractivity contribution in [1.29, 1.82) is 5.26 Å². The predicted molar refractivity (Wildman–Crippen MR) is 70.0 cm³/mol. The first-order valence-corrected chi connectivity index (χ1v) is 6.11. The summed E-state index contributed by atoms with van der Waals surface area (Å²) in [5.41, 5.74) is 0.386. The molecule has 1 heterocycles. The smallest absolute Gasteiger partial charge is 0.406 e. The van der Waals surface area contributed by atoms with Gasteiger partial charge in [0.15, 0.2) is 11.7 Å². The number of ether oxygens (including phenoxy) is 1. The highest BCUT2D eigenvalue weighted by molar-refractivity contribution is 6.02. The van der Waals surface area contributed by atoms with Crippen molar-refractivity contribution in [3.05, 3.63) is 59.9 Å². The highest BCUT2D eigenvalue weighted by atomic mass is 19.4. The van der Waals surface area contributed by atoms with Crippen LogP contribution in [0.5, 0.6) is 5.75 Å². The molecule has 0 saturated carbocycles. The number of carbonyl (C=O) groups is 1. The zero-order valence-corrected chi connectivity index (χ0v) is 11.0. The van der Waals surface area contributed by atoms with Crippen molar-refractivity contribution < 1.29 is 22.7 Å². The predicted octanol–water partition coefficient (Wildman–Crippen LogP) is 3.47. The van der Waals surface area contributed by atoms with Crippen LogP contribution < -0.4 is 4.74 Å². The normalized spacial score (nSPS) is 12.3. The molecule has 1 aromatic carbocycles. The van der Waals surface area contributed by atoms with Crippen molar-refractivity contribution >= 4 is 5.78 Å². The number of ketones is 1. The Morgan fingerprint density at radius 1 is 1.18 bits per heavy atom. The monoisotopic (exact) mass is 306 g/mol. The molecule has 7 heteroatoms. The number of nitrogens with zero attached hydrogens (tertiary/aromatic N) is 2. The molecule has 1 atom stereocenters. The van der Waals surface area contributed by atoms with Crippen molar-refractivity contribution in [3.8, 4) is 11.8 Å². The van der Waals surface area contributed by atoms with Crippen LogP contribution in [0.4, 0.5) is 13.2 Å². The molecular weight excluding hydrogens is 297 g/mol. The van der Waals surface area contributed by atoms with Gasteiger partial charge in [0.1, 0.15) is 5.75 Å². The second kappa shape index (κ2) is 6.26. The summed E-state index contributed by atoms with van der Waals surface area (Å²) in [5.74, 6) is -2.09. The van der Waals surface area contributed by atoms with E-state index in [-0.39, 0.29) is 11.3 Å². The van der Waals surface area contributed by atoms with Crippen molar-refractivity contribution in [3.63, 3.8) is 0 Å². The van der Waals surface area contributed by atoms with Gasteiger partial charge in [-0.1, -0.05) is 6.07 Å². The molecule has 112 valence electrons. The van der Waals surface area contributed by atoms with E-state index in [1.807, 2.05) is 6.07 Å². The summed E-state index contributed by atoms with van der Waals surface area (Å²) in [6.45, 7) is 0. The third-order valence-corrected chi connectivity index (χ3v) is 2.75. The van der Waals surface area contributed by atoms with Crippen LogP contribution in [-0.4, -0.2) is 17.1 Å². The van der Waals surface area contributed by atoms with Crippen LogP contribution in [-0.2, 0) is 0 Å². The van der Waals surface area contributed by atoms with E-state index >= 15 is 0 Å². The van der Waals surface area contributed by atoms with E-state index in [0.29, 0.717) is 0 Å². The second-order valence-corrected chi connectivity index (χ2v) is 4.25. The van der Waals surface area contributed by atoms with Crippen LogP contribution in [0.15, 0.2) is 48.7 Å². The lowest BCUT2D eigenvalue weighted by molar-refractivity contribution is -0.274. The number of Topliss-reactive ketones (excluding diaryl/α,β-unsaturated/α-hetero) is 1. The number of nitriles is 1. The standard InChI is InChI=1S/C15H9F3N2O2/c16-15(17,18)22-11-6-4-10(5-7-11)14(21)12(9-19)13-3-1-2-8-20-13/h1-8,12H/t12-/m1/s1. The fraction of sp³-hybridized carbons (Fsp3) is 0.133. The number of pyridine rings is 1. The third-order valence-electron chi connectivity index (χ3n) is 2.75. The number of rotatable bonds is 4. The van der Waals surface area contributed by atoms with Gasteiger partial charge in [-0.2, -0.15) is 5.26 Å². The zero-order chi connectivity index (χ0) is 16.2. The SMILES string of the molecule is N#C[C@@H](C(=O)c1ccc(OC(F)(F)F)cc1)c1ccccn1. The summed E-state index contributed by atoms with van der Waals surface area (Å²) in [4.78, 5) is 16.2. The molecule has 0 amide bonds.